The molecule has 0 spiro atoms. The first-order valence-electron chi connectivity index (χ1n) is 16.1. The predicted molar refractivity (Wildman–Crippen MR) is 173 cm³/mol. The van der Waals surface area contributed by atoms with Crippen molar-refractivity contribution in [3.8, 4) is 0 Å². The van der Waals surface area contributed by atoms with Gasteiger partial charge in [-0.05, 0) is 29.8 Å². The Balaban J connectivity index is 1.81. The lowest BCUT2D eigenvalue weighted by molar-refractivity contribution is -0.345. The van der Waals surface area contributed by atoms with Crippen LogP contribution < -0.4 is 0 Å². The smallest absolute Gasteiger partial charge is 0.338 e. The van der Waals surface area contributed by atoms with E-state index in [0.29, 0.717) is 0 Å². The molecule has 2 aromatic rings. The van der Waals surface area contributed by atoms with E-state index in [4.69, 9.17) is 42.6 Å². The summed E-state index contributed by atoms with van der Waals surface area (Å²) in [6.45, 7) is 2.93. The van der Waals surface area contributed by atoms with Gasteiger partial charge in [0.25, 0.3) is 0 Å². The molecule has 1 N–H and O–H groups in total. The fourth-order valence-corrected chi connectivity index (χ4v) is 5.56. The van der Waals surface area contributed by atoms with Gasteiger partial charge in [-0.2, -0.15) is 0 Å². The summed E-state index contributed by atoms with van der Waals surface area (Å²) in [5.41, 5.74) is 9.61. The average molecular weight is 744 g/mol. The number of carbonyl (C=O) groups excluding carboxylic acids is 6. The first kappa shape index (κ1) is 40.2. The third kappa shape index (κ3) is 11.0. The van der Waals surface area contributed by atoms with E-state index in [0.717, 1.165) is 27.7 Å². The summed E-state index contributed by atoms with van der Waals surface area (Å²) >= 11 is 0. The van der Waals surface area contributed by atoms with E-state index in [9.17, 15) is 39.4 Å². The normalized spacial score (nSPS) is 27.9. The largest absolute Gasteiger partial charge is 0.463 e. The number of benzene rings is 2. The Labute approximate surface area is 301 Å². The maximum Gasteiger partial charge on any atom is 0.338 e. The molecule has 2 heterocycles. The molecule has 0 aromatic heterocycles. The van der Waals surface area contributed by atoms with Crippen molar-refractivity contribution in [2.75, 3.05) is 13.2 Å². The quantitative estimate of drug-likeness (QED) is 0.101. The zero-order valence-corrected chi connectivity index (χ0v) is 28.9. The lowest BCUT2D eigenvalue weighted by Gasteiger charge is -2.48. The van der Waals surface area contributed by atoms with Crippen molar-refractivity contribution in [1.82, 2.24) is 0 Å². The van der Waals surface area contributed by atoms with E-state index >= 15 is 0 Å². The van der Waals surface area contributed by atoms with E-state index in [2.05, 4.69) is 10.0 Å². The first-order chi connectivity index (χ1) is 25.3. The molecule has 284 valence electrons. The number of aliphatic hydroxyl groups is 1. The number of hydrogen-bond acceptors (Lipinski definition) is 17. The van der Waals surface area contributed by atoms with Crippen molar-refractivity contribution in [2.24, 2.45) is 5.11 Å². The highest BCUT2D eigenvalue weighted by Gasteiger charge is 2.56. The number of aliphatic hydroxyl groups excluding tert-OH is 1. The van der Waals surface area contributed by atoms with Gasteiger partial charge in [-0.3, -0.25) is 19.2 Å². The van der Waals surface area contributed by atoms with Crippen LogP contribution in [-0.4, -0.2) is 115 Å². The van der Waals surface area contributed by atoms with Crippen LogP contribution in [0.4, 0.5) is 0 Å². The Bertz CT molecular complexity index is 1670. The minimum absolute atomic E-state index is 0.0475. The van der Waals surface area contributed by atoms with Gasteiger partial charge in [-0.25, -0.2) is 9.59 Å². The van der Waals surface area contributed by atoms with Crippen molar-refractivity contribution < 1.29 is 76.5 Å². The second-order valence-corrected chi connectivity index (χ2v) is 11.6. The van der Waals surface area contributed by atoms with Crippen LogP contribution >= 0.6 is 0 Å². The summed E-state index contributed by atoms with van der Waals surface area (Å²) in [5, 5.41) is 14.6. The number of carbonyl (C=O) groups is 6. The van der Waals surface area contributed by atoms with Gasteiger partial charge in [0.15, 0.2) is 30.9 Å². The van der Waals surface area contributed by atoms with E-state index in [1.807, 2.05) is 0 Å². The number of ether oxygens (including phenoxy) is 9. The maximum atomic E-state index is 13.4. The van der Waals surface area contributed by atoms with Crippen LogP contribution in [0.1, 0.15) is 48.4 Å². The van der Waals surface area contributed by atoms with Crippen LogP contribution in [0.5, 0.6) is 0 Å². The van der Waals surface area contributed by atoms with Crippen molar-refractivity contribution in [1.29, 1.82) is 0 Å². The number of rotatable bonds is 13. The molecule has 0 aliphatic carbocycles. The van der Waals surface area contributed by atoms with Crippen LogP contribution in [-0.2, 0) is 61.8 Å². The van der Waals surface area contributed by atoms with Crippen molar-refractivity contribution in [3.05, 3.63) is 82.2 Å². The Morgan fingerprint density at radius 1 is 0.642 bits per heavy atom. The molecule has 0 saturated carbocycles. The third-order valence-corrected chi connectivity index (χ3v) is 7.70. The van der Waals surface area contributed by atoms with Gasteiger partial charge in [0.1, 0.15) is 43.7 Å². The summed E-state index contributed by atoms with van der Waals surface area (Å²) < 4.78 is 50.8. The van der Waals surface area contributed by atoms with Gasteiger partial charge in [0.2, 0.25) is 0 Å². The maximum absolute atomic E-state index is 13.4. The van der Waals surface area contributed by atoms with Gasteiger partial charge in [-0.15, -0.1) is 0 Å². The summed E-state index contributed by atoms with van der Waals surface area (Å²) in [7, 11) is 0. The van der Waals surface area contributed by atoms with Crippen LogP contribution in [0.25, 0.3) is 10.4 Å². The lowest BCUT2D eigenvalue weighted by Crippen LogP contribution is -2.66. The zero-order valence-electron chi connectivity index (χ0n) is 28.9. The Hall–Kier alpha value is -5.59. The Morgan fingerprint density at radius 2 is 1.15 bits per heavy atom. The molecule has 10 atom stereocenters. The Kier molecular flexibility index (Phi) is 14.2. The third-order valence-electron chi connectivity index (χ3n) is 7.70. The molecule has 4 rings (SSSR count). The zero-order chi connectivity index (χ0) is 38.7. The van der Waals surface area contributed by atoms with Crippen molar-refractivity contribution >= 4 is 35.8 Å². The van der Waals surface area contributed by atoms with Crippen LogP contribution in [0.2, 0.25) is 0 Å². The van der Waals surface area contributed by atoms with Gasteiger partial charge >= 0.3 is 35.8 Å². The van der Waals surface area contributed by atoms with Crippen molar-refractivity contribution in [3.63, 3.8) is 0 Å². The second kappa shape index (κ2) is 18.8. The molecule has 2 fully saturated rings. The summed E-state index contributed by atoms with van der Waals surface area (Å²) in [6.07, 6.45) is -15.1. The summed E-state index contributed by atoms with van der Waals surface area (Å²) in [4.78, 5) is 77.9. The SMILES string of the molecule is CC(=O)OC[C@H]1O[C@@H](O[C@@H]2[C@H](OC(=O)c3ccccc3)[C@@H](N=[N+]=[N-])C(O)O[C@@H]2COC(=O)c2ccccc2)[C@H](OC(C)=O)[C@@H](OC(C)=O)[C@H]1OC(C)=O. The Morgan fingerprint density at radius 3 is 1.70 bits per heavy atom. The lowest BCUT2D eigenvalue weighted by atomic mass is 9.95. The minimum Gasteiger partial charge on any atom is -0.463 e. The highest BCUT2D eigenvalue weighted by molar-refractivity contribution is 5.90. The van der Waals surface area contributed by atoms with Crippen LogP contribution in [0, 0.1) is 0 Å². The monoisotopic (exact) mass is 743 g/mol. The molecular weight excluding hydrogens is 706 g/mol. The number of hydrogen-bond donors (Lipinski definition) is 1. The topological polar surface area (TPSA) is 254 Å². The molecule has 0 radical (unpaired) electrons. The molecule has 0 amide bonds. The molecule has 2 aliphatic rings. The molecule has 1 unspecified atom stereocenters. The van der Waals surface area contributed by atoms with Crippen molar-refractivity contribution in [2.45, 2.75) is 89.0 Å². The number of azide groups is 1. The minimum atomic E-state index is -1.95. The van der Waals surface area contributed by atoms with Gasteiger partial charge in [-0.1, -0.05) is 41.5 Å². The molecule has 2 saturated heterocycles. The van der Waals surface area contributed by atoms with Gasteiger partial charge in [0.05, 0.1) is 11.1 Å². The molecule has 19 nitrogen and oxygen atoms in total. The second-order valence-electron chi connectivity index (χ2n) is 11.6. The van der Waals surface area contributed by atoms with Crippen LogP contribution in [0.3, 0.4) is 0 Å². The highest BCUT2D eigenvalue weighted by Crippen LogP contribution is 2.35. The van der Waals surface area contributed by atoms with Gasteiger partial charge < -0.3 is 47.7 Å². The fraction of sp³-hybridized carbons (Fsp3) is 0.471. The summed E-state index contributed by atoms with van der Waals surface area (Å²) in [6, 6.07) is 13.7. The average Bonchev–Trinajstić information content (AvgIpc) is 3.11. The first-order valence-corrected chi connectivity index (χ1v) is 16.1. The highest BCUT2D eigenvalue weighted by atomic mass is 16.8. The molecule has 2 aliphatic heterocycles. The van der Waals surface area contributed by atoms with E-state index in [-0.39, 0.29) is 11.1 Å². The van der Waals surface area contributed by atoms with E-state index in [1.165, 1.54) is 24.3 Å². The summed E-state index contributed by atoms with van der Waals surface area (Å²) in [5.74, 6) is -5.26. The molecule has 2 aromatic carbocycles. The molecule has 0 bridgehead atoms. The fourth-order valence-electron chi connectivity index (χ4n) is 5.56. The molecular formula is C34H37N3O16. The standard InChI is InChI=1S/C34H37N3O16/c1-17(38)45-15-24-27(47-18(2)39)29(48-19(3)40)30(49-20(4)41)34(51-24)53-26-23(16-46-31(42)21-11-7-5-8-12-21)50-33(44)25(36-37-35)28(26)52-32(43)22-13-9-6-10-14-22/h5-14,23-30,33-34,44H,15-16H2,1-4H3/t23-,24-,25-,26+,27+,28-,29+,30-,33?,34+/m1/s1. The van der Waals surface area contributed by atoms with Crippen LogP contribution in [0.15, 0.2) is 65.8 Å². The van der Waals surface area contributed by atoms with E-state index < -0.39 is 110 Å². The van der Waals surface area contributed by atoms with Gasteiger partial charge in [0, 0.05) is 32.6 Å². The molecule has 19 heteroatoms. The molecule has 53 heavy (non-hydrogen) atoms. The number of nitrogens with zero attached hydrogens (tertiary/aromatic N) is 3. The number of esters is 6. The van der Waals surface area contributed by atoms with E-state index in [1.54, 1.807) is 36.4 Å². The predicted octanol–water partition coefficient (Wildman–Crippen LogP) is 1.93.